The Bertz CT molecular complexity index is 472. The van der Waals surface area contributed by atoms with Gasteiger partial charge in [-0.1, -0.05) is 0 Å². The molecule has 2 N–H and O–H groups in total. The molecule has 0 spiro atoms. The van der Waals surface area contributed by atoms with Crippen LogP contribution < -0.4 is 10.6 Å². The van der Waals surface area contributed by atoms with Crippen LogP contribution in [0.15, 0.2) is 0 Å². The van der Waals surface area contributed by atoms with Gasteiger partial charge >= 0.3 is 6.03 Å². The minimum absolute atomic E-state index is 0.0790. The van der Waals surface area contributed by atoms with E-state index in [2.05, 4.69) is 10.6 Å². The van der Waals surface area contributed by atoms with Crippen molar-refractivity contribution < 1.29 is 14.4 Å². The fourth-order valence-corrected chi connectivity index (χ4v) is 3.10. The van der Waals surface area contributed by atoms with Crippen molar-refractivity contribution in [2.24, 2.45) is 0 Å². The van der Waals surface area contributed by atoms with Crippen LogP contribution in [0.25, 0.3) is 0 Å². The zero-order valence-corrected chi connectivity index (χ0v) is 14.4. The second kappa shape index (κ2) is 7.19. The lowest BCUT2D eigenvalue weighted by Gasteiger charge is -2.32. The lowest BCUT2D eigenvalue weighted by atomic mass is 10.1. The molecule has 1 unspecified atom stereocenters. The normalized spacial score (nSPS) is 22.0. The van der Waals surface area contributed by atoms with Gasteiger partial charge in [0.15, 0.2) is 0 Å². The number of carbonyl (C=O) groups excluding carboxylic acids is 3. The number of likely N-dealkylation sites (tertiary alicyclic amines) is 2. The van der Waals surface area contributed by atoms with Gasteiger partial charge in [0.1, 0.15) is 0 Å². The van der Waals surface area contributed by atoms with Crippen molar-refractivity contribution in [2.45, 2.75) is 58.0 Å². The predicted molar refractivity (Wildman–Crippen MR) is 86.8 cm³/mol. The molecule has 0 aromatic rings. The Morgan fingerprint density at radius 3 is 2.57 bits per heavy atom. The molecule has 0 radical (unpaired) electrons. The highest BCUT2D eigenvalue weighted by atomic mass is 16.2. The first-order valence-corrected chi connectivity index (χ1v) is 8.40. The number of nitrogens with zero attached hydrogens (tertiary/aromatic N) is 2. The zero-order valence-electron chi connectivity index (χ0n) is 14.4. The van der Waals surface area contributed by atoms with Crippen molar-refractivity contribution in [1.82, 2.24) is 20.4 Å². The van der Waals surface area contributed by atoms with Crippen LogP contribution in [0.1, 0.15) is 46.5 Å². The van der Waals surface area contributed by atoms with Gasteiger partial charge in [-0.2, -0.15) is 0 Å². The van der Waals surface area contributed by atoms with E-state index in [4.69, 9.17) is 0 Å². The third-order valence-corrected chi connectivity index (χ3v) is 4.33. The highest BCUT2D eigenvalue weighted by Gasteiger charge is 2.36. The van der Waals surface area contributed by atoms with E-state index in [9.17, 15) is 14.4 Å². The molecule has 130 valence electrons. The fraction of sp³-hybridized carbons (Fsp3) is 0.812. The van der Waals surface area contributed by atoms with Gasteiger partial charge < -0.3 is 20.4 Å². The molecule has 2 aliphatic rings. The van der Waals surface area contributed by atoms with E-state index < -0.39 is 0 Å². The average Bonchev–Trinajstić information content (AvgIpc) is 3.00. The Hall–Kier alpha value is -1.79. The average molecular weight is 324 g/mol. The van der Waals surface area contributed by atoms with E-state index in [0.29, 0.717) is 32.5 Å². The quantitative estimate of drug-likeness (QED) is 0.730. The minimum Gasteiger partial charge on any atom is -0.343 e. The van der Waals surface area contributed by atoms with Crippen LogP contribution in [0.4, 0.5) is 4.79 Å². The first kappa shape index (κ1) is 17.6. The SMILES string of the molecule is CC(C)(C)N1CC(NC(=O)NCCCN2CCCC2=O)CC1=O. The summed E-state index contributed by atoms with van der Waals surface area (Å²) in [5.41, 5.74) is -0.216. The summed E-state index contributed by atoms with van der Waals surface area (Å²) < 4.78 is 0. The monoisotopic (exact) mass is 324 g/mol. The molecule has 7 nitrogen and oxygen atoms in total. The van der Waals surface area contributed by atoms with Crippen molar-refractivity contribution in [3.8, 4) is 0 Å². The molecule has 0 bridgehead atoms. The van der Waals surface area contributed by atoms with Gasteiger partial charge in [0, 0.05) is 44.6 Å². The summed E-state index contributed by atoms with van der Waals surface area (Å²) in [6.07, 6.45) is 2.68. The fourth-order valence-electron chi connectivity index (χ4n) is 3.10. The van der Waals surface area contributed by atoms with Gasteiger partial charge in [0.2, 0.25) is 11.8 Å². The van der Waals surface area contributed by atoms with Crippen molar-refractivity contribution in [2.75, 3.05) is 26.2 Å². The molecule has 2 aliphatic heterocycles. The number of urea groups is 1. The molecule has 2 rings (SSSR count). The van der Waals surface area contributed by atoms with Crippen LogP contribution in [0.5, 0.6) is 0 Å². The van der Waals surface area contributed by atoms with Gasteiger partial charge in [-0.15, -0.1) is 0 Å². The summed E-state index contributed by atoms with van der Waals surface area (Å²) in [4.78, 5) is 39.0. The molecule has 1 atom stereocenters. The van der Waals surface area contributed by atoms with Gasteiger partial charge in [0.25, 0.3) is 0 Å². The third-order valence-electron chi connectivity index (χ3n) is 4.33. The molecule has 4 amide bonds. The maximum absolute atomic E-state index is 12.0. The van der Waals surface area contributed by atoms with Gasteiger partial charge in [0.05, 0.1) is 6.04 Å². The Morgan fingerprint density at radius 1 is 1.26 bits per heavy atom. The minimum atomic E-state index is -0.244. The molecule has 2 fully saturated rings. The summed E-state index contributed by atoms with van der Waals surface area (Å²) >= 11 is 0. The maximum Gasteiger partial charge on any atom is 0.315 e. The van der Waals surface area contributed by atoms with Crippen molar-refractivity contribution >= 4 is 17.8 Å². The van der Waals surface area contributed by atoms with Crippen LogP contribution in [0.2, 0.25) is 0 Å². The van der Waals surface area contributed by atoms with Crippen molar-refractivity contribution in [1.29, 1.82) is 0 Å². The molecule has 0 aromatic heterocycles. The number of carbonyl (C=O) groups is 3. The summed E-state index contributed by atoms with van der Waals surface area (Å²) in [6, 6.07) is -0.381. The Kier molecular flexibility index (Phi) is 5.49. The highest BCUT2D eigenvalue weighted by molar-refractivity contribution is 5.82. The van der Waals surface area contributed by atoms with E-state index >= 15 is 0 Å². The molecule has 7 heteroatoms. The van der Waals surface area contributed by atoms with Gasteiger partial charge in [-0.05, 0) is 33.6 Å². The number of rotatable bonds is 5. The number of amides is 4. The molecular formula is C16H28N4O3. The largest absolute Gasteiger partial charge is 0.343 e. The number of hydrogen-bond acceptors (Lipinski definition) is 3. The Labute approximate surface area is 137 Å². The molecule has 2 heterocycles. The standard InChI is InChI=1S/C16H28N4O3/c1-16(2,3)20-11-12(10-14(20)22)18-15(23)17-7-5-9-19-8-4-6-13(19)21/h12H,4-11H2,1-3H3,(H2,17,18,23). The molecule has 2 saturated heterocycles. The lowest BCUT2D eigenvalue weighted by molar-refractivity contribution is -0.131. The third kappa shape index (κ3) is 4.84. The maximum atomic E-state index is 12.0. The molecule has 23 heavy (non-hydrogen) atoms. The van der Waals surface area contributed by atoms with Crippen molar-refractivity contribution in [3.05, 3.63) is 0 Å². The lowest BCUT2D eigenvalue weighted by Crippen LogP contribution is -2.46. The van der Waals surface area contributed by atoms with Crippen LogP contribution in [-0.2, 0) is 9.59 Å². The second-order valence-corrected chi connectivity index (χ2v) is 7.31. The second-order valence-electron chi connectivity index (χ2n) is 7.31. The van der Waals surface area contributed by atoms with Crippen LogP contribution in [-0.4, -0.2) is 65.4 Å². The van der Waals surface area contributed by atoms with E-state index in [1.807, 2.05) is 25.7 Å². The summed E-state index contributed by atoms with van der Waals surface area (Å²) in [6.45, 7) is 8.58. The number of nitrogens with one attached hydrogen (secondary N) is 2. The van der Waals surface area contributed by atoms with E-state index in [1.165, 1.54) is 0 Å². The molecule has 0 saturated carbocycles. The molecule has 0 aromatic carbocycles. The molecular weight excluding hydrogens is 296 g/mol. The highest BCUT2D eigenvalue weighted by Crippen LogP contribution is 2.21. The smallest absolute Gasteiger partial charge is 0.315 e. The first-order chi connectivity index (χ1) is 10.8. The van der Waals surface area contributed by atoms with Crippen LogP contribution >= 0.6 is 0 Å². The molecule has 0 aliphatic carbocycles. The van der Waals surface area contributed by atoms with Crippen molar-refractivity contribution in [3.63, 3.8) is 0 Å². The van der Waals surface area contributed by atoms with Crippen LogP contribution in [0.3, 0.4) is 0 Å². The topological polar surface area (TPSA) is 81.8 Å². The van der Waals surface area contributed by atoms with Crippen LogP contribution in [0, 0.1) is 0 Å². The summed E-state index contributed by atoms with van der Waals surface area (Å²) in [7, 11) is 0. The summed E-state index contributed by atoms with van der Waals surface area (Å²) in [5.74, 6) is 0.288. The zero-order chi connectivity index (χ0) is 17.0. The van der Waals surface area contributed by atoms with E-state index in [1.54, 1.807) is 4.90 Å². The Balaban J connectivity index is 1.64. The van der Waals surface area contributed by atoms with E-state index in [-0.39, 0.29) is 29.4 Å². The summed E-state index contributed by atoms with van der Waals surface area (Å²) in [5, 5.41) is 5.65. The number of hydrogen-bond donors (Lipinski definition) is 2. The van der Waals surface area contributed by atoms with Gasteiger partial charge in [-0.25, -0.2) is 4.79 Å². The van der Waals surface area contributed by atoms with Gasteiger partial charge in [-0.3, -0.25) is 9.59 Å². The first-order valence-electron chi connectivity index (χ1n) is 8.40. The Morgan fingerprint density at radius 2 is 2.00 bits per heavy atom. The van der Waals surface area contributed by atoms with E-state index in [0.717, 1.165) is 19.4 Å². The predicted octanol–water partition coefficient (Wildman–Crippen LogP) is 0.698.